The zero-order valence-electron chi connectivity index (χ0n) is 8.20. The van der Waals surface area contributed by atoms with E-state index in [4.69, 9.17) is 0 Å². The van der Waals surface area contributed by atoms with Crippen LogP contribution in [0.15, 0.2) is 30.3 Å². The molecule has 1 rings (SSSR count). The van der Waals surface area contributed by atoms with Crippen LogP contribution in [0.3, 0.4) is 0 Å². The van der Waals surface area contributed by atoms with E-state index >= 15 is 0 Å². The van der Waals surface area contributed by atoms with E-state index < -0.39 is 11.6 Å². The fraction of sp³-hybridized carbons (Fsp3) is 0.111. The minimum Gasteiger partial charge on any atom is -1.00 e. The predicted octanol–water partition coefficient (Wildman–Crippen LogP) is -1.43. The van der Waals surface area contributed by atoms with Crippen molar-refractivity contribution >= 4 is 11.6 Å². The maximum atomic E-state index is 11.0. The fourth-order valence-corrected chi connectivity index (χ4v) is 0.793. The van der Waals surface area contributed by atoms with E-state index in [2.05, 4.69) is 0 Å². The fourth-order valence-electron chi connectivity index (χ4n) is 0.793. The second-order valence-corrected chi connectivity index (χ2v) is 2.25. The van der Waals surface area contributed by atoms with Crippen LogP contribution in [0.25, 0.3) is 0 Å². The molecule has 0 radical (unpaired) electrons. The van der Waals surface area contributed by atoms with Crippen molar-refractivity contribution in [2.45, 2.75) is 6.92 Å². The van der Waals surface area contributed by atoms with Crippen LogP contribution in [0, 0.1) is 0 Å². The van der Waals surface area contributed by atoms with Gasteiger partial charge >= 0.3 is 29.6 Å². The first-order valence-electron chi connectivity index (χ1n) is 3.32. The molecule has 0 aliphatic heterocycles. The third kappa shape index (κ3) is 2.89. The summed E-state index contributed by atoms with van der Waals surface area (Å²) in [7, 11) is 0. The molecule has 0 saturated carbocycles. The Morgan fingerprint density at radius 3 is 2.08 bits per heavy atom. The van der Waals surface area contributed by atoms with Gasteiger partial charge in [-0.25, -0.2) is 0 Å². The Kier molecular flexibility index (Phi) is 5.06. The van der Waals surface area contributed by atoms with Crippen molar-refractivity contribution in [2.75, 3.05) is 0 Å². The normalized spacial score (nSPS) is 8.42. The average Bonchev–Trinajstić information content (AvgIpc) is 2.05. The smallest absolute Gasteiger partial charge is 1.00 e. The molecular formula is C9H9NaO2. The summed E-state index contributed by atoms with van der Waals surface area (Å²) in [6.07, 6.45) is 0. The molecule has 0 aromatic heterocycles. The van der Waals surface area contributed by atoms with Crippen molar-refractivity contribution in [3.8, 4) is 0 Å². The zero-order chi connectivity index (χ0) is 8.27. The molecule has 0 heterocycles. The van der Waals surface area contributed by atoms with Crippen LogP contribution in [-0.4, -0.2) is 11.6 Å². The van der Waals surface area contributed by atoms with Crippen molar-refractivity contribution in [2.24, 2.45) is 0 Å². The number of hydrogen-bond donors (Lipinski definition) is 0. The predicted molar refractivity (Wildman–Crippen MR) is 42.6 cm³/mol. The number of hydrogen-bond acceptors (Lipinski definition) is 2. The third-order valence-corrected chi connectivity index (χ3v) is 1.36. The first-order chi connectivity index (χ1) is 5.22. The summed E-state index contributed by atoms with van der Waals surface area (Å²) in [5.41, 5.74) is 0.458. The van der Waals surface area contributed by atoms with E-state index in [1.54, 1.807) is 30.3 Å². The van der Waals surface area contributed by atoms with Crippen LogP contribution in [0.1, 0.15) is 18.7 Å². The largest absolute Gasteiger partial charge is 1.00 e. The van der Waals surface area contributed by atoms with Gasteiger partial charge in [-0.1, -0.05) is 30.3 Å². The molecule has 0 N–H and O–H groups in total. The molecule has 2 nitrogen and oxygen atoms in total. The maximum absolute atomic E-state index is 11.0. The van der Waals surface area contributed by atoms with Gasteiger partial charge in [0, 0.05) is 12.5 Å². The first-order valence-corrected chi connectivity index (χ1v) is 3.32. The summed E-state index contributed by atoms with van der Waals surface area (Å²) in [5, 5.41) is 0. The number of benzene rings is 1. The van der Waals surface area contributed by atoms with E-state index in [1.807, 2.05) is 0 Å². The quantitative estimate of drug-likeness (QED) is 0.311. The van der Waals surface area contributed by atoms with Gasteiger partial charge in [0.1, 0.15) is 0 Å². The molecule has 0 fully saturated rings. The minimum absolute atomic E-state index is 0. The SMILES string of the molecule is CC(=O)C(=O)c1ccccc1.[H-].[Na+]. The molecular weight excluding hydrogens is 163 g/mol. The molecule has 3 heteroatoms. The molecule has 0 saturated heterocycles. The number of Topliss-reactive ketones (excluding diaryl/α,β-unsaturated/α-hetero) is 2. The second-order valence-electron chi connectivity index (χ2n) is 2.25. The van der Waals surface area contributed by atoms with E-state index in [0.717, 1.165) is 0 Å². The van der Waals surface area contributed by atoms with Crippen molar-refractivity contribution in [3.05, 3.63) is 35.9 Å². The van der Waals surface area contributed by atoms with Gasteiger partial charge in [0.2, 0.25) is 5.78 Å². The average molecular weight is 172 g/mol. The maximum Gasteiger partial charge on any atom is 1.00 e. The van der Waals surface area contributed by atoms with Gasteiger partial charge < -0.3 is 1.43 Å². The summed E-state index contributed by atoms with van der Waals surface area (Å²) < 4.78 is 0. The molecule has 0 aliphatic carbocycles. The van der Waals surface area contributed by atoms with Gasteiger partial charge in [0.15, 0.2) is 5.78 Å². The van der Waals surface area contributed by atoms with Gasteiger partial charge in [-0.3, -0.25) is 9.59 Å². The molecule has 0 atom stereocenters. The van der Waals surface area contributed by atoms with Crippen LogP contribution in [0.5, 0.6) is 0 Å². The molecule has 0 aliphatic rings. The molecule has 58 valence electrons. The second kappa shape index (κ2) is 5.25. The number of rotatable bonds is 2. The Hall–Kier alpha value is -0.440. The van der Waals surface area contributed by atoms with E-state index in [1.165, 1.54) is 6.92 Å². The van der Waals surface area contributed by atoms with Gasteiger partial charge in [0.05, 0.1) is 0 Å². The summed E-state index contributed by atoms with van der Waals surface area (Å²) in [6.45, 7) is 1.27. The van der Waals surface area contributed by atoms with Gasteiger partial charge in [-0.15, -0.1) is 0 Å². The van der Waals surface area contributed by atoms with Crippen molar-refractivity contribution in [1.29, 1.82) is 0 Å². The Labute approximate surface area is 94.7 Å². The number of carbonyl (C=O) groups excluding carboxylic acids is 2. The van der Waals surface area contributed by atoms with Crippen LogP contribution >= 0.6 is 0 Å². The zero-order valence-corrected chi connectivity index (χ0v) is 9.20. The molecule has 0 bridgehead atoms. The van der Waals surface area contributed by atoms with E-state index in [9.17, 15) is 9.59 Å². The first kappa shape index (κ1) is 11.6. The third-order valence-electron chi connectivity index (χ3n) is 1.36. The van der Waals surface area contributed by atoms with Crippen molar-refractivity contribution in [3.63, 3.8) is 0 Å². The Balaban J connectivity index is 0. The summed E-state index contributed by atoms with van der Waals surface area (Å²) >= 11 is 0. The topological polar surface area (TPSA) is 34.1 Å². The minimum atomic E-state index is -0.425. The Morgan fingerprint density at radius 2 is 1.67 bits per heavy atom. The summed E-state index contributed by atoms with van der Waals surface area (Å²) in [4.78, 5) is 21.6. The monoisotopic (exact) mass is 172 g/mol. The summed E-state index contributed by atoms with van der Waals surface area (Å²) in [6, 6.07) is 8.52. The standard InChI is InChI=1S/C9H8O2.Na.H/c1-7(10)9(11)8-5-3-2-4-6-8;;/h2-6H,1H3;;/q;+1;-1. The molecule has 0 amide bonds. The van der Waals surface area contributed by atoms with Crippen LogP contribution in [0.2, 0.25) is 0 Å². The number of carbonyl (C=O) groups is 2. The van der Waals surface area contributed by atoms with Crippen LogP contribution in [-0.2, 0) is 4.79 Å². The number of ketones is 2. The molecule has 1 aromatic rings. The van der Waals surface area contributed by atoms with E-state index in [-0.39, 0.29) is 31.0 Å². The van der Waals surface area contributed by atoms with Crippen LogP contribution < -0.4 is 29.6 Å². The van der Waals surface area contributed by atoms with Crippen molar-refractivity contribution < 1.29 is 40.6 Å². The summed E-state index contributed by atoms with van der Waals surface area (Å²) in [5.74, 6) is -0.846. The van der Waals surface area contributed by atoms with Gasteiger partial charge in [-0.2, -0.15) is 0 Å². The Morgan fingerprint density at radius 1 is 1.17 bits per heavy atom. The molecule has 12 heavy (non-hydrogen) atoms. The Bertz CT molecular complexity index is 285. The van der Waals surface area contributed by atoms with E-state index in [0.29, 0.717) is 5.56 Å². The molecule has 0 spiro atoms. The molecule has 1 aromatic carbocycles. The van der Waals surface area contributed by atoms with Gasteiger partial charge in [0.25, 0.3) is 0 Å². The van der Waals surface area contributed by atoms with Crippen LogP contribution in [0.4, 0.5) is 0 Å². The van der Waals surface area contributed by atoms with Crippen molar-refractivity contribution in [1.82, 2.24) is 0 Å². The van der Waals surface area contributed by atoms with Gasteiger partial charge in [-0.05, 0) is 0 Å². The molecule has 0 unspecified atom stereocenters.